The molecule has 174 valence electrons. The van der Waals surface area contributed by atoms with Crippen LogP contribution in [-0.4, -0.2) is 31.1 Å². The topological polar surface area (TPSA) is 57.2 Å². The summed E-state index contributed by atoms with van der Waals surface area (Å²) in [6.07, 6.45) is 1.78. The van der Waals surface area contributed by atoms with E-state index in [4.69, 9.17) is 18.9 Å². The van der Waals surface area contributed by atoms with Gasteiger partial charge in [0.1, 0.15) is 29.7 Å². The number of benzene rings is 3. The summed E-state index contributed by atoms with van der Waals surface area (Å²) in [5.74, 6) is 3.21. The van der Waals surface area contributed by atoms with Crippen LogP contribution < -0.4 is 18.9 Å². The van der Waals surface area contributed by atoms with Crippen LogP contribution in [0.4, 0.5) is 0 Å². The van der Waals surface area contributed by atoms with E-state index >= 15 is 0 Å². The molecule has 0 saturated carbocycles. The number of rotatable bonds is 6. The number of Topliss-reactive ketones (excluding diaryl/α,β-unsaturated/α-hetero) is 1. The molecule has 0 spiro atoms. The summed E-state index contributed by atoms with van der Waals surface area (Å²) in [6, 6.07) is 17.5. The van der Waals surface area contributed by atoms with Gasteiger partial charge >= 0.3 is 0 Å². The molecule has 0 unspecified atom stereocenters. The maximum Gasteiger partial charge on any atom is 0.232 e. The first kappa shape index (κ1) is 22.0. The van der Waals surface area contributed by atoms with Crippen LogP contribution in [0.15, 0.2) is 60.4 Å². The maximum absolute atomic E-state index is 13.2. The SMILES string of the molecule is CCOc1ccc(/C=C2\Oc3c4c(cc(C)c3C2=O)OCN(Cc2ccccc2OC)C4)cc1. The van der Waals surface area contributed by atoms with Crippen LogP contribution >= 0.6 is 0 Å². The van der Waals surface area contributed by atoms with Crippen molar-refractivity contribution in [1.29, 1.82) is 0 Å². The number of carbonyl (C=O) groups excluding carboxylic acids is 1. The van der Waals surface area contributed by atoms with E-state index in [2.05, 4.69) is 4.90 Å². The molecular formula is C28H27NO5. The Morgan fingerprint density at radius 3 is 2.68 bits per heavy atom. The molecule has 0 fully saturated rings. The molecule has 0 N–H and O–H groups in total. The van der Waals surface area contributed by atoms with Gasteiger partial charge in [0.05, 0.1) is 24.8 Å². The Morgan fingerprint density at radius 1 is 1.12 bits per heavy atom. The average Bonchev–Trinajstić information content (AvgIpc) is 3.18. The number of para-hydroxylation sites is 1. The summed E-state index contributed by atoms with van der Waals surface area (Å²) >= 11 is 0. The summed E-state index contributed by atoms with van der Waals surface area (Å²) in [4.78, 5) is 15.4. The highest BCUT2D eigenvalue weighted by molar-refractivity contribution is 6.15. The Kier molecular flexibility index (Phi) is 5.99. The van der Waals surface area contributed by atoms with Crippen LogP contribution in [0, 0.1) is 6.92 Å². The lowest BCUT2D eigenvalue weighted by Gasteiger charge is -2.30. The van der Waals surface area contributed by atoms with Crippen molar-refractivity contribution in [2.24, 2.45) is 0 Å². The Bertz CT molecular complexity index is 1260. The summed E-state index contributed by atoms with van der Waals surface area (Å²) in [5, 5.41) is 0. The number of carbonyl (C=O) groups is 1. The minimum Gasteiger partial charge on any atom is -0.496 e. The van der Waals surface area contributed by atoms with Crippen molar-refractivity contribution >= 4 is 11.9 Å². The van der Waals surface area contributed by atoms with E-state index in [1.165, 1.54) is 0 Å². The van der Waals surface area contributed by atoms with Gasteiger partial charge in [0, 0.05) is 18.7 Å². The normalized spacial score (nSPS) is 16.0. The molecule has 2 aliphatic rings. The summed E-state index contributed by atoms with van der Waals surface area (Å²) in [6.45, 7) is 6.20. The van der Waals surface area contributed by atoms with E-state index in [1.807, 2.05) is 68.4 Å². The first-order chi connectivity index (χ1) is 16.6. The van der Waals surface area contributed by atoms with Crippen molar-refractivity contribution in [2.45, 2.75) is 26.9 Å². The summed E-state index contributed by atoms with van der Waals surface area (Å²) in [7, 11) is 1.67. The number of hydrogen-bond donors (Lipinski definition) is 0. The van der Waals surface area contributed by atoms with E-state index in [0.717, 1.165) is 39.5 Å². The standard InChI is InChI=1S/C28H27NO5/c1-4-32-21-11-9-19(10-12-21)14-25-27(30)26-18(2)13-24-22(28(26)34-25)16-29(17-33-24)15-20-7-5-6-8-23(20)31-3/h5-14H,4,15-17H2,1-3H3/b25-14-. The third-order valence-corrected chi connectivity index (χ3v) is 6.06. The monoisotopic (exact) mass is 457 g/mol. The fourth-order valence-electron chi connectivity index (χ4n) is 4.43. The van der Waals surface area contributed by atoms with Crippen molar-refractivity contribution in [3.63, 3.8) is 0 Å². The lowest BCUT2D eigenvalue weighted by molar-refractivity contribution is 0.0864. The Balaban J connectivity index is 1.42. The lowest BCUT2D eigenvalue weighted by Crippen LogP contribution is -2.32. The molecular weight excluding hydrogens is 430 g/mol. The van der Waals surface area contributed by atoms with Crippen LogP contribution in [0.1, 0.15) is 39.5 Å². The minimum absolute atomic E-state index is 0.106. The minimum atomic E-state index is -0.106. The molecule has 6 nitrogen and oxygen atoms in total. The Morgan fingerprint density at radius 2 is 1.91 bits per heavy atom. The molecule has 3 aromatic carbocycles. The van der Waals surface area contributed by atoms with Gasteiger partial charge in [0.15, 0.2) is 5.76 Å². The molecule has 3 aromatic rings. The van der Waals surface area contributed by atoms with Crippen molar-refractivity contribution in [1.82, 2.24) is 4.90 Å². The molecule has 2 aliphatic heterocycles. The number of ether oxygens (including phenoxy) is 4. The van der Waals surface area contributed by atoms with Gasteiger partial charge in [-0.15, -0.1) is 0 Å². The molecule has 0 radical (unpaired) electrons. The maximum atomic E-state index is 13.2. The van der Waals surface area contributed by atoms with Crippen LogP contribution in [-0.2, 0) is 13.1 Å². The largest absolute Gasteiger partial charge is 0.496 e. The predicted molar refractivity (Wildman–Crippen MR) is 129 cm³/mol. The molecule has 5 rings (SSSR count). The number of allylic oxidation sites excluding steroid dienone is 1. The zero-order chi connectivity index (χ0) is 23.7. The zero-order valence-electron chi connectivity index (χ0n) is 19.6. The molecule has 34 heavy (non-hydrogen) atoms. The van der Waals surface area contributed by atoms with Gasteiger partial charge < -0.3 is 18.9 Å². The number of fused-ring (bicyclic) bond motifs is 3. The molecule has 0 saturated heterocycles. The van der Waals surface area contributed by atoms with Crippen molar-refractivity contribution in [3.05, 3.63) is 88.2 Å². The van der Waals surface area contributed by atoms with Crippen LogP contribution in [0.2, 0.25) is 0 Å². The summed E-state index contributed by atoms with van der Waals surface area (Å²) < 4.78 is 23.2. The van der Waals surface area contributed by atoms with Gasteiger partial charge in [0.25, 0.3) is 0 Å². The third-order valence-electron chi connectivity index (χ3n) is 6.06. The average molecular weight is 458 g/mol. The van der Waals surface area contributed by atoms with Crippen LogP contribution in [0.3, 0.4) is 0 Å². The van der Waals surface area contributed by atoms with Crippen molar-refractivity contribution in [2.75, 3.05) is 20.4 Å². The molecule has 6 heteroatoms. The number of hydrogen-bond acceptors (Lipinski definition) is 6. The molecule has 0 aromatic heterocycles. The predicted octanol–water partition coefficient (Wildman–Crippen LogP) is 5.37. The zero-order valence-corrected chi connectivity index (χ0v) is 19.6. The van der Waals surface area contributed by atoms with Crippen LogP contribution in [0.25, 0.3) is 6.08 Å². The van der Waals surface area contributed by atoms with E-state index in [1.54, 1.807) is 13.2 Å². The quantitative estimate of drug-likeness (QED) is 0.464. The highest BCUT2D eigenvalue weighted by atomic mass is 16.5. The highest BCUT2D eigenvalue weighted by Crippen LogP contribution is 2.44. The molecule has 0 aliphatic carbocycles. The Labute approximate surface area is 199 Å². The number of nitrogens with zero attached hydrogens (tertiary/aromatic N) is 1. The van der Waals surface area contributed by atoms with E-state index in [9.17, 15) is 4.79 Å². The highest BCUT2D eigenvalue weighted by Gasteiger charge is 2.35. The fraction of sp³-hybridized carbons (Fsp3) is 0.250. The fourth-order valence-corrected chi connectivity index (χ4v) is 4.43. The van der Waals surface area contributed by atoms with Gasteiger partial charge in [0.2, 0.25) is 5.78 Å². The van der Waals surface area contributed by atoms with Crippen molar-refractivity contribution in [3.8, 4) is 23.0 Å². The number of ketones is 1. The first-order valence-electron chi connectivity index (χ1n) is 11.4. The Hall–Kier alpha value is -3.77. The van der Waals surface area contributed by atoms with Crippen LogP contribution in [0.5, 0.6) is 23.0 Å². The number of methoxy groups -OCH3 is 1. The molecule has 0 amide bonds. The van der Waals surface area contributed by atoms with E-state index in [-0.39, 0.29) is 5.78 Å². The van der Waals surface area contributed by atoms with Gasteiger partial charge in [-0.25, -0.2) is 0 Å². The smallest absolute Gasteiger partial charge is 0.232 e. The van der Waals surface area contributed by atoms with Gasteiger partial charge in [-0.3, -0.25) is 9.69 Å². The number of aryl methyl sites for hydroxylation is 1. The van der Waals surface area contributed by atoms with Gasteiger partial charge in [-0.1, -0.05) is 30.3 Å². The second-order valence-electron chi connectivity index (χ2n) is 8.39. The van der Waals surface area contributed by atoms with E-state index in [0.29, 0.717) is 43.5 Å². The third kappa shape index (κ3) is 4.13. The van der Waals surface area contributed by atoms with Gasteiger partial charge in [-0.05, 0) is 55.3 Å². The molecule has 2 heterocycles. The van der Waals surface area contributed by atoms with Crippen molar-refractivity contribution < 1.29 is 23.7 Å². The second kappa shape index (κ2) is 9.23. The lowest BCUT2D eigenvalue weighted by atomic mass is 9.98. The van der Waals surface area contributed by atoms with E-state index < -0.39 is 0 Å². The summed E-state index contributed by atoms with van der Waals surface area (Å²) in [5.41, 5.74) is 4.31. The van der Waals surface area contributed by atoms with Gasteiger partial charge in [-0.2, -0.15) is 0 Å². The molecule has 0 atom stereocenters. The second-order valence-corrected chi connectivity index (χ2v) is 8.39. The molecule has 0 bridgehead atoms. The first-order valence-corrected chi connectivity index (χ1v) is 11.4.